The Morgan fingerprint density at radius 2 is 2.05 bits per heavy atom. The minimum atomic E-state index is -0.0960. The maximum Gasteiger partial charge on any atom is 0.250 e. The summed E-state index contributed by atoms with van der Waals surface area (Å²) in [6.45, 7) is 2.36. The third-order valence-electron chi connectivity index (χ3n) is 2.78. The molecule has 1 aromatic heterocycles. The molecule has 0 fully saturated rings. The largest absolute Gasteiger partial charge is 0.326 e. The van der Waals surface area contributed by atoms with Crippen LogP contribution in [0.15, 0.2) is 53.5 Å². The number of anilines is 1. The summed E-state index contributed by atoms with van der Waals surface area (Å²) in [5, 5.41) is 2.82. The number of hydrogen-bond donors (Lipinski definition) is 1. The van der Waals surface area contributed by atoms with Gasteiger partial charge in [0.05, 0.1) is 0 Å². The van der Waals surface area contributed by atoms with Crippen LogP contribution in [0.4, 0.5) is 5.69 Å². The lowest BCUT2D eigenvalue weighted by molar-refractivity contribution is -0.116. The van der Waals surface area contributed by atoms with E-state index in [0.29, 0.717) is 6.54 Å². The summed E-state index contributed by atoms with van der Waals surface area (Å²) in [6, 6.07) is 12.6. The summed E-state index contributed by atoms with van der Waals surface area (Å²) in [6.07, 6.45) is 1.96. The van der Waals surface area contributed by atoms with Crippen LogP contribution in [0.3, 0.4) is 0 Å². The maximum absolute atomic E-state index is 11.8. The topological polar surface area (TPSA) is 51.1 Å². The van der Waals surface area contributed by atoms with Gasteiger partial charge in [-0.2, -0.15) is 0 Å². The summed E-state index contributed by atoms with van der Waals surface area (Å²) < 4.78 is 1.52. The number of carbonyl (C=O) groups is 1. The van der Waals surface area contributed by atoms with Gasteiger partial charge in [-0.1, -0.05) is 18.2 Å². The van der Waals surface area contributed by atoms with Gasteiger partial charge in [-0.15, -0.1) is 0 Å². The number of aryl methyl sites for hydroxylation is 2. The average Bonchev–Trinajstić information content (AvgIpc) is 2.38. The van der Waals surface area contributed by atoms with Gasteiger partial charge in [-0.3, -0.25) is 9.59 Å². The number of nitrogens with zero attached hydrogens (tertiary/aromatic N) is 1. The highest BCUT2D eigenvalue weighted by Gasteiger charge is 2.03. The Morgan fingerprint density at radius 3 is 2.79 bits per heavy atom. The van der Waals surface area contributed by atoms with Crippen molar-refractivity contribution in [2.75, 3.05) is 5.32 Å². The number of rotatable bonds is 4. The summed E-state index contributed by atoms with van der Waals surface area (Å²) in [7, 11) is 0. The van der Waals surface area contributed by atoms with E-state index in [4.69, 9.17) is 0 Å². The molecule has 4 heteroatoms. The van der Waals surface area contributed by atoms with Crippen molar-refractivity contribution in [3.8, 4) is 0 Å². The molecule has 1 amide bonds. The van der Waals surface area contributed by atoms with Gasteiger partial charge in [0.25, 0.3) is 5.56 Å². The fourth-order valence-corrected chi connectivity index (χ4v) is 1.81. The van der Waals surface area contributed by atoms with E-state index in [1.807, 2.05) is 31.2 Å². The second kappa shape index (κ2) is 6.00. The van der Waals surface area contributed by atoms with Crippen LogP contribution in [0.2, 0.25) is 0 Å². The van der Waals surface area contributed by atoms with Gasteiger partial charge in [0.15, 0.2) is 0 Å². The van der Waals surface area contributed by atoms with Crippen molar-refractivity contribution in [3.05, 3.63) is 64.6 Å². The van der Waals surface area contributed by atoms with Gasteiger partial charge in [-0.25, -0.2) is 0 Å². The van der Waals surface area contributed by atoms with E-state index in [0.717, 1.165) is 11.3 Å². The molecule has 0 bridgehead atoms. The van der Waals surface area contributed by atoms with Crippen LogP contribution in [0.1, 0.15) is 12.0 Å². The quantitative estimate of drug-likeness (QED) is 0.911. The highest BCUT2D eigenvalue weighted by atomic mass is 16.1. The number of amides is 1. The van der Waals surface area contributed by atoms with Crippen LogP contribution in [0.5, 0.6) is 0 Å². The van der Waals surface area contributed by atoms with E-state index in [1.165, 1.54) is 10.6 Å². The maximum atomic E-state index is 11.8. The van der Waals surface area contributed by atoms with E-state index >= 15 is 0 Å². The Kier molecular flexibility index (Phi) is 4.13. The third-order valence-corrected chi connectivity index (χ3v) is 2.78. The molecule has 1 aromatic carbocycles. The molecule has 0 saturated carbocycles. The Balaban J connectivity index is 1.92. The van der Waals surface area contributed by atoms with E-state index < -0.39 is 0 Å². The zero-order valence-electron chi connectivity index (χ0n) is 10.8. The molecular formula is C15H16N2O2. The van der Waals surface area contributed by atoms with Crippen molar-refractivity contribution < 1.29 is 4.79 Å². The first kappa shape index (κ1) is 13.1. The number of nitrogens with one attached hydrogen (secondary N) is 1. The van der Waals surface area contributed by atoms with Crippen LogP contribution < -0.4 is 10.9 Å². The zero-order chi connectivity index (χ0) is 13.7. The molecule has 0 aliphatic heterocycles. The first-order valence-electron chi connectivity index (χ1n) is 6.17. The standard InChI is InChI=1S/C15H16N2O2/c1-12-5-4-6-13(11-12)16-14(18)8-10-17-9-3-2-7-15(17)19/h2-7,9,11H,8,10H2,1H3,(H,16,18). The molecule has 1 N–H and O–H groups in total. The third kappa shape index (κ3) is 3.81. The zero-order valence-corrected chi connectivity index (χ0v) is 10.8. The predicted molar refractivity (Wildman–Crippen MR) is 75.1 cm³/mol. The lowest BCUT2D eigenvalue weighted by atomic mass is 10.2. The molecule has 4 nitrogen and oxygen atoms in total. The molecule has 0 aliphatic rings. The van der Waals surface area contributed by atoms with Gasteiger partial charge in [-0.05, 0) is 30.7 Å². The van der Waals surface area contributed by atoms with E-state index in [2.05, 4.69) is 5.32 Å². The minimum Gasteiger partial charge on any atom is -0.326 e. The van der Waals surface area contributed by atoms with Crippen LogP contribution in [0.25, 0.3) is 0 Å². The number of benzene rings is 1. The van der Waals surface area contributed by atoms with Crippen molar-refractivity contribution >= 4 is 11.6 Å². The normalized spacial score (nSPS) is 10.2. The highest BCUT2D eigenvalue weighted by molar-refractivity contribution is 5.90. The predicted octanol–water partition coefficient (Wildman–Crippen LogP) is 2.19. The van der Waals surface area contributed by atoms with E-state index in [1.54, 1.807) is 18.3 Å². The molecule has 98 valence electrons. The van der Waals surface area contributed by atoms with Gasteiger partial charge in [0, 0.05) is 30.9 Å². The molecule has 0 spiro atoms. The molecule has 0 radical (unpaired) electrons. The molecule has 2 aromatic rings. The van der Waals surface area contributed by atoms with Gasteiger partial charge >= 0.3 is 0 Å². The Bertz CT molecular complexity index is 632. The van der Waals surface area contributed by atoms with Gasteiger partial charge in [0.1, 0.15) is 0 Å². The molecule has 2 rings (SSSR count). The van der Waals surface area contributed by atoms with Gasteiger partial charge < -0.3 is 9.88 Å². The monoisotopic (exact) mass is 256 g/mol. The first-order valence-corrected chi connectivity index (χ1v) is 6.17. The molecule has 19 heavy (non-hydrogen) atoms. The molecule has 0 atom stereocenters. The summed E-state index contributed by atoms with van der Waals surface area (Å²) in [5.41, 5.74) is 1.79. The molecule has 0 unspecified atom stereocenters. The second-order valence-electron chi connectivity index (χ2n) is 4.40. The van der Waals surface area contributed by atoms with E-state index in [9.17, 15) is 9.59 Å². The fourth-order valence-electron chi connectivity index (χ4n) is 1.81. The highest BCUT2D eigenvalue weighted by Crippen LogP contribution is 2.09. The Hall–Kier alpha value is -2.36. The van der Waals surface area contributed by atoms with Crippen LogP contribution in [-0.2, 0) is 11.3 Å². The van der Waals surface area contributed by atoms with Crippen molar-refractivity contribution in [2.24, 2.45) is 0 Å². The second-order valence-corrected chi connectivity index (χ2v) is 4.40. The number of pyridine rings is 1. The molecule has 0 saturated heterocycles. The van der Waals surface area contributed by atoms with Crippen molar-refractivity contribution in [3.63, 3.8) is 0 Å². The smallest absolute Gasteiger partial charge is 0.250 e. The van der Waals surface area contributed by atoms with Crippen LogP contribution in [0, 0.1) is 6.92 Å². The first-order chi connectivity index (χ1) is 9.15. The number of carbonyl (C=O) groups excluding carboxylic acids is 1. The van der Waals surface area contributed by atoms with E-state index in [-0.39, 0.29) is 17.9 Å². The summed E-state index contributed by atoms with van der Waals surface area (Å²) in [4.78, 5) is 23.2. The van der Waals surface area contributed by atoms with Crippen molar-refractivity contribution in [1.82, 2.24) is 4.57 Å². The molecular weight excluding hydrogens is 240 g/mol. The van der Waals surface area contributed by atoms with Crippen LogP contribution in [-0.4, -0.2) is 10.5 Å². The van der Waals surface area contributed by atoms with Gasteiger partial charge in [0.2, 0.25) is 5.91 Å². The lowest BCUT2D eigenvalue weighted by Crippen LogP contribution is -2.21. The Labute approximate surface area is 111 Å². The Morgan fingerprint density at radius 1 is 1.21 bits per heavy atom. The van der Waals surface area contributed by atoms with Crippen molar-refractivity contribution in [2.45, 2.75) is 19.9 Å². The minimum absolute atomic E-state index is 0.0918. The average molecular weight is 256 g/mol. The SMILES string of the molecule is Cc1cccc(NC(=O)CCn2ccccc2=O)c1. The number of aromatic nitrogens is 1. The molecule has 0 aliphatic carbocycles. The van der Waals surface area contributed by atoms with Crippen LogP contribution >= 0.6 is 0 Å². The lowest BCUT2D eigenvalue weighted by Gasteiger charge is -2.07. The molecule has 1 heterocycles. The summed E-state index contributed by atoms with van der Waals surface area (Å²) >= 11 is 0. The summed E-state index contributed by atoms with van der Waals surface area (Å²) in [5.74, 6) is -0.0960. The number of hydrogen-bond acceptors (Lipinski definition) is 2. The fraction of sp³-hybridized carbons (Fsp3) is 0.200. The van der Waals surface area contributed by atoms with Crippen molar-refractivity contribution in [1.29, 1.82) is 0 Å².